The first-order valence-electron chi connectivity index (χ1n) is 26.4. The number of carbonyl (C=O) groups excluding carboxylic acids is 1. The number of fused-ring (bicyclic) bond motifs is 2. The number of hydrogen-bond acceptors (Lipinski definition) is 17. The number of piperidine rings is 2. The quantitative estimate of drug-likeness (QED) is 0.0529. The molecule has 4 aromatic heterocycles. The third-order valence-corrected chi connectivity index (χ3v) is 18.1. The van der Waals surface area contributed by atoms with E-state index in [1.807, 2.05) is 0 Å². The molecule has 1 amide bonds. The van der Waals surface area contributed by atoms with E-state index < -0.39 is 44.0 Å². The average Bonchev–Trinajstić information content (AvgIpc) is 4.29. The first-order chi connectivity index (χ1) is 39.0. The predicted molar refractivity (Wildman–Crippen MR) is 293 cm³/mol. The number of aromatic nitrogens is 4. The second-order valence-corrected chi connectivity index (χ2v) is 23.3. The molecule has 0 spiro atoms. The minimum absolute atomic E-state index is 0.0516. The second-order valence-electron chi connectivity index (χ2n) is 19.5. The summed E-state index contributed by atoms with van der Waals surface area (Å²) in [6.45, 7) is 4.98. The second kappa shape index (κ2) is 27.5. The van der Waals surface area contributed by atoms with Crippen molar-refractivity contribution in [3.63, 3.8) is 0 Å². The molecule has 24 nitrogen and oxygen atoms in total. The van der Waals surface area contributed by atoms with Crippen molar-refractivity contribution >= 4 is 48.9 Å². The van der Waals surface area contributed by atoms with Gasteiger partial charge in [0.15, 0.2) is 0 Å². The highest BCUT2D eigenvalue weighted by Crippen LogP contribution is 2.42. The van der Waals surface area contributed by atoms with Crippen molar-refractivity contribution in [2.75, 3.05) is 107 Å². The van der Waals surface area contributed by atoms with E-state index in [1.165, 1.54) is 56.2 Å². The standard InChI is InChI=1S/C55H69N7O17S2/c1-38(63)56-16-22-75-23-24-76-25-26-77-27-28-78-44-12-17-59(18-13-44)80(68,69)50-9-5-7-47(73-3)54(50)40-29-43(62-46(31-40)42(35-58-62)33-52(66)67)36-79-48-8-6-10-49(81(70,71)60-20-14-55(74-4,15-21-60)37-72-2)53(48)39-11-19-61-45(30-39)41(34-57-61)32-51(64)65/h5-11,19,29-31,34-35,44H,12-18,20-28,32-33,36-37H2,1-4H3,(H,56,63)(H,64,65)(H,66,67). The summed E-state index contributed by atoms with van der Waals surface area (Å²) < 4.78 is 112. The highest BCUT2D eigenvalue weighted by molar-refractivity contribution is 7.89. The minimum atomic E-state index is -4.26. The van der Waals surface area contributed by atoms with Crippen LogP contribution in [0.5, 0.6) is 11.5 Å². The lowest BCUT2D eigenvalue weighted by atomic mass is 9.93. The van der Waals surface area contributed by atoms with Crippen LogP contribution in [0, 0.1) is 0 Å². The van der Waals surface area contributed by atoms with Crippen LogP contribution in [-0.2, 0) is 82.3 Å². The van der Waals surface area contributed by atoms with Gasteiger partial charge in [-0.05, 0) is 85.3 Å². The van der Waals surface area contributed by atoms with Gasteiger partial charge in [-0.2, -0.15) is 18.8 Å². The lowest BCUT2D eigenvalue weighted by Gasteiger charge is -2.39. The van der Waals surface area contributed by atoms with Crippen LogP contribution in [0.3, 0.4) is 0 Å². The summed E-state index contributed by atoms with van der Waals surface area (Å²) in [6, 6.07) is 16.0. The first-order valence-corrected chi connectivity index (χ1v) is 29.3. The number of carboxylic acid groups (broad SMARTS) is 2. The molecule has 2 fully saturated rings. The Hall–Kier alpha value is -6.59. The van der Waals surface area contributed by atoms with E-state index in [-0.39, 0.29) is 90.2 Å². The van der Waals surface area contributed by atoms with E-state index >= 15 is 0 Å². The van der Waals surface area contributed by atoms with Gasteiger partial charge in [-0.25, -0.2) is 25.9 Å². The summed E-state index contributed by atoms with van der Waals surface area (Å²) in [5, 5.41) is 31.3. The lowest BCUT2D eigenvalue weighted by Crippen LogP contribution is -2.49. The van der Waals surface area contributed by atoms with Crippen molar-refractivity contribution in [1.82, 2.24) is 33.2 Å². The van der Waals surface area contributed by atoms with Crippen molar-refractivity contribution < 1.29 is 79.3 Å². The van der Waals surface area contributed by atoms with E-state index in [0.29, 0.717) is 117 Å². The van der Waals surface area contributed by atoms with Crippen LogP contribution in [0.1, 0.15) is 49.4 Å². The number of pyridine rings is 2. The van der Waals surface area contributed by atoms with Gasteiger partial charge in [0.25, 0.3) is 0 Å². The van der Waals surface area contributed by atoms with Gasteiger partial charge in [-0.1, -0.05) is 12.1 Å². The Morgan fingerprint density at radius 3 is 1.86 bits per heavy atom. The van der Waals surface area contributed by atoms with Gasteiger partial charge in [-0.3, -0.25) is 14.4 Å². The molecule has 6 aromatic rings. The van der Waals surface area contributed by atoms with Crippen molar-refractivity contribution in [3.05, 3.63) is 96.1 Å². The number of hydrogen-bond donors (Lipinski definition) is 3. The monoisotopic (exact) mass is 1160 g/mol. The van der Waals surface area contributed by atoms with Gasteiger partial charge >= 0.3 is 11.9 Å². The number of ether oxygens (including phenoxy) is 8. The summed E-state index contributed by atoms with van der Waals surface area (Å²) >= 11 is 0. The number of sulfonamides is 2. The summed E-state index contributed by atoms with van der Waals surface area (Å²) in [7, 11) is -3.91. The number of nitrogens with one attached hydrogen (secondary N) is 1. The Kier molecular flexibility index (Phi) is 20.5. The average molecular weight is 1160 g/mol. The fourth-order valence-corrected chi connectivity index (χ4v) is 13.5. The van der Waals surface area contributed by atoms with Gasteiger partial charge in [0, 0.05) is 82.3 Å². The topological polar surface area (TPSA) is 287 Å². The molecule has 2 aliphatic rings. The summed E-state index contributed by atoms with van der Waals surface area (Å²) in [4.78, 5) is 34.9. The van der Waals surface area contributed by atoms with Crippen LogP contribution in [0.4, 0.5) is 0 Å². The molecule has 8 rings (SSSR count). The van der Waals surface area contributed by atoms with Gasteiger partial charge in [0.1, 0.15) is 18.1 Å². The summed E-state index contributed by atoms with van der Waals surface area (Å²) in [6.07, 6.45) is 5.09. The van der Waals surface area contributed by atoms with Crippen LogP contribution in [0.15, 0.2) is 89.0 Å². The molecule has 438 valence electrons. The van der Waals surface area contributed by atoms with Crippen molar-refractivity contribution in [1.29, 1.82) is 0 Å². The fraction of sp³-hybridized carbons (Fsp3) is 0.473. The maximum atomic E-state index is 14.9. The molecule has 0 aliphatic carbocycles. The van der Waals surface area contributed by atoms with Gasteiger partial charge in [-0.15, -0.1) is 0 Å². The number of benzene rings is 2. The predicted octanol–water partition coefficient (Wildman–Crippen LogP) is 4.33. The van der Waals surface area contributed by atoms with E-state index in [9.17, 15) is 41.4 Å². The number of carbonyl (C=O) groups is 3. The van der Waals surface area contributed by atoms with E-state index in [4.69, 9.17) is 37.9 Å². The largest absolute Gasteiger partial charge is 0.496 e. The molecule has 3 N–H and O–H groups in total. The number of amides is 1. The lowest BCUT2D eigenvalue weighted by molar-refractivity contribution is -0.137. The van der Waals surface area contributed by atoms with Crippen molar-refractivity contribution in [2.24, 2.45) is 0 Å². The van der Waals surface area contributed by atoms with Gasteiger partial charge in [0.05, 0.1) is 123 Å². The zero-order chi connectivity index (χ0) is 57.7. The Morgan fingerprint density at radius 1 is 0.691 bits per heavy atom. The number of nitrogens with zero attached hydrogens (tertiary/aromatic N) is 6. The number of carboxylic acids is 2. The van der Waals surface area contributed by atoms with Crippen LogP contribution in [0.2, 0.25) is 0 Å². The van der Waals surface area contributed by atoms with Crippen molar-refractivity contribution in [3.8, 4) is 33.8 Å². The maximum Gasteiger partial charge on any atom is 0.307 e. The van der Waals surface area contributed by atoms with E-state index in [2.05, 4.69) is 15.5 Å². The van der Waals surface area contributed by atoms with Crippen LogP contribution in [0.25, 0.3) is 33.3 Å². The van der Waals surface area contributed by atoms with Crippen LogP contribution in [-0.4, -0.2) is 191 Å². The summed E-state index contributed by atoms with van der Waals surface area (Å²) in [5.41, 5.74) is 2.29. The third kappa shape index (κ3) is 14.5. The maximum absolute atomic E-state index is 14.9. The molecule has 0 radical (unpaired) electrons. The first kappa shape index (κ1) is 60.5. The molecule has 81 heavy (non-hydrogen) atoms. The van der Waals surface area contributed by atoms with Gasteiger partial charge in [0.2, 0.25) is 26.0 Å². The molecule has 26 heteroatoms. The molecule has 0 unspecified atom stereocenters. The molecule has 2 saturated heterocycles. The fourth-order valence-electron chi connectivity index (χ4n) is 10.1. The minimum Gasteiger partial charge on any atom is -0.496 e. The molecular formula is C55H69N7O17S2. The Labute approximate surface area is 469 Å². The molecule has 6 heterocycles. The smallest absolute Gasteiger partial charge is 0.307 e. The zero-order valence-electron chi connectivity index (χ0n) is 45.7. The van der Waals surface area contributed by atoms with Crippen LogP contribution < -0.4 is 14.8 Å². The molecule has 0 atom stereocenters. The molecule has 2 aliphatic heterocycles. The highest BCUT2D eigenvalue weighted by atomic mass is 32.2. The Bertz CT molecular complexity index is 3390. The summed E-state index contributed by atoms with van der Waals surface area (Å²) in [5.74, 6) is -1.97. The number of aliphatic carboxylic acids is 2. The molecule has 2 aromatic carbocycles. The highest BCUT2D eigenvalue weighted by Gasteiger charge is 2.40. The van der Waals surface area contributed by atoms with E-state index in [0.717, 1.165) is 0 Å². The van der Waals surface area contributed by atoms with Crippen molar-refractivity contribution in [2.45, 2.75) is 73.6 Å². The Balaban J connectivity index is 1.05. The third-order valence-electron chi connectivity index (χ3n) is 14.3. The Morgan fingerprint density at radius 2 is 1.26 bits per heavy atom. The van der Waals surface area contributed by atoms with E-state index in [1.54, 1.807) is 68.9 Å². The number of rotatable bonds is 30. The molecular weight excluding hydrogens is 1090 g/mol. The molecule has 0 bridgehead atoms. The normalized spacial score (nSPS) is 15.6. The molecule has 0 saturated carbocycles. The SMILES string of the molecule is COCC1(OC)CCN(S(=O)(=O)c2cccc(OCc3cc(-c4c(OC)cccc4S(=O)(=O)N4CCC(OCCOCCOCCOCCNC(C)=O)CC4)cc4c(CC(=O)O)cnn34)c2-c2ccn3ncc(CC(=O)O)c3c2)CC1. The van der Waals surface area contributed by atoms with Crippen LogP contribution >= 0.6 is 0 Å². The number of methoxy groups -OCH3 is 3. The van der Waals surface area contributed by atoms with Gasteiger partial charge < -0.3 is 53.4 Å². The zero-order valence-corrected chi connectivity index (χ0v) is 47.4.